The molecule has 28 heavy (non-hydrogen) atoms. The number of fused-ring (bicyclic) bond motifs is 1. The van der Waals surface area contributed by atoms with Crippen LogP contribution in [0.1, 0.15) is 38.5 Å². The summed E-state index contributed by atoms with van der Waals surface area (Å²) >= 11 is 0. The number of rotatable bonds is 3. The minimum absolute atomic E-state index is 0.252. The highest BCUT2D eigenvalue weighted by Gasteiger charge is 2.41. The molecular formula is C23H29N3O2. The van der Waals surface area contributed by atoms with Crippen molar-refractivity contribution in [1.29, 1.82) is 0 Å². The van der Waals surface area contributed by atoms with Crippen LogP contribution < -0.4 is 4.90 Å². The molecule has 3 aliphatic rings. The van der Waals surface area contributed by atoms with Crippen LogP contribution >= 0.6 is 0 Å². The largest absolute Gasteiger partial charge is 0.376 e. The molecule has 1 aromatic heterocycles. The highest BCUT2D eigenvalue weighted by Crippen LogP contribution is 2.42. The zero-order chi connectivity index (χ0) is 19.0. The molecule has 0 unspecified atom stereocenters. The van der Waals surface area contributed by atoms with Crippen molar-refractivity contribution in [3.63, 3.8) is 0 Å². The van der Waals surface area contributed by atoms with E-state index in [1.807, 2.05) is 12.3 Å². The van der Waals surface area contributed by atoms with Crippen LogP contribution in [0.15, 0.2) is 36.5 Å². The van der Waals surface area contributed by atoms with E-state index >= 15 is 0 Å². The van der Waals surface area contributed by atoms with E-state index in [1.54, 1.807) is 0 Å². The van der Waals surface area contributed by atoms with E-state index in [2.05, 4.69) is 39.0 Å². The number of pyridine rings is 1. The number of hydrogen-bond acceptors (Lipinski definition) is 4. The van der Waals surface area contributed by atoms with Crippen LogP contribution in [-0.4, -0.2) is 54.7 Å². The van der Waals surface area contributed by atoms with Gasteiger partial charge in [-0.2, -0.15) is 0 Å². The third kappa shape index (κ3) is 3.37. The molecular weight excluding hydrogens is 350 g/mol. The van der Waals surface area contributed by atoms with Crippen molar-refractivity contribution in [3.8, 4) is 0 Å². The summed E-state index contributed by atoms with van der Waals surface area (Å²) in [6.45, 7) is 4.66. The van der Waals surface area contributed by atoms with Gasteiger partial charge in [-0.15, -0.1) is 0 Å². The molecule has 2 aromatic rings. The SMILES string of the molecule is O=C1CCC2(CCN(c3ccnc4ccccc34)CC2)CN1C[C@@H]1CCCO1. The molecule has 0 aliphatic carbocycles. The number of hydrogen-bond donors (Lipinski definition) is 0. The molecule has 3 fully saturated rings. The van der Waals surface area contributed by atoms with E-state index in [-0.39, 0.29) is 11.5 Å². The number of nitrogens with zero attached hydrogens (tertiary/aromatic N) is 3. The number of anilines is 1. The van der Waals surface area contributed by atoms with Crippen LogP contribution in [0.3, 0.4) is 0 Å². The summed E-state index contributed by atoms with van der Waals surface area (Å²) in [6, 6.07) is 10.5. The fraction of sp³-hybridized carbons (Fsp3) is 0.565. The van der Waals surface area contributed by atoms with Gasteiger partial charge in [-0.05, 0) is 49.7 Å². The molecule has 5 nitrogen and oxygen atoms in total. The number of piperidine rings is 2. The van der Waals surface area contributed by atoms with Crippen LogP contribution in [0.2, 0.25) is 0 Å². The monoisotopic (exact) mass is 379 g/mol. The molecule has 0 radical (unpaired) electrons. The van der Waals surface area contributed by atoms with Gasteiger partial charge in [-0.25, -0.2) is 0 Å². The van der Waals surface area contributed by atoms with Gasteiger partial charge in [-0.1, -0.05) is 18.2 Å². The molecule has 1 atom stereocenters. The lowest BCUT2D eigenvalue weighted by molar-refractivity contribution is -0.140. The van der Waals surface area contributed by atoms with Gasteiger partial charge < -0.3 is 14.5 Å². The molecule has 1 aromatic carbocycles. The van der Waals surface area contributed by atoms with Gasteiger partial charge in [0.1, 0.15) is 0 Å². The highest BCUT2D eigenvalue weighted by molar-refractivity contribution is 5.91. The van der Waals surface area contributed by atoms with Crippen molar-refractivity contribution in [1.82, 2.24) is 9.88 Å². The summed E-state index contributed by atoms with van der Waals surface area (Å²) in [7, 11) is 0. The summed E-state index contributed by atoms with van der Waals surface area (Å²) in [5.74, 6) is 0.323. The third-order valence-electron chi connectivity index (χ3n) is 6.99. The van der Waals surface area contributed by atoms with Gasteiger partial charge in [0.05, 0.1) is 11.6 Å². The van der Waals surface area contributed by atoms with Crippen LogP contribution in [0.5, 0.6) is 0 Å². The zero-order valence-corrected chi connectivity index (χ0v) is 16.5. The Kier molecular flexibility index (Phi) is 4.71. The summed E-state index contributed by atoms with van der Waals surface area (Å²) in [4.78, 5) is 21.6. The summed E-state index contributed by atoms with van der Waals surface area (Å²) in [5, 5.41) is 1.24. The molecule has 3 aliphatic heterocycles. The van der Waals surface area contributed by atoms with Gasteiger partial charge >= 0.3 is 0 Å². The molecule has 0 bridgehead atoms. The summed E-state index contributed by atoms with van der Waals surface area (Å²) in [5.41, 5.74) is 2.64. The molecule has 148 valence electrons. The van der Waals surface area contributed by atoms with E-state index < -0.39 is 0 Å². The molecule has 0 N–H and O–H groups in total. The first-order valence-corrected chi connectivity index (χ1v) is 10.7. The Balaban J connectivity index is 1.28. The lowest BCUT2D eigenvalue weighted by atomic mass is 9.72. The van der Waals surface area contributed by atoms with Crippen molar-refractivity contribution in [2.45, 2.75) is 44.6 Å². The third-order valence-corrected chi connectivity index (χ3v) is 6.99. The smallest absolute Gasteiger partial charge is 0.222 e. The van der Waals surface area contributed by atoms with Crippen molar-refractivity contribution in [2.24, 2.45) is 5.41 Å². The van der Waals surface area contributed by atoms with Crippen LogP contribution in [0, 0.1) is 5.41 Å². The van der Waals surface area contributed by atoms with Crippen molar-refractivity contribution >= 4 is 22.5 Å². The lowest BCUT2D eigenvalue weighted by Gasteiger charge is -2.48. The number of carbonyl (C=O) groups is 1. The Morgan fingerprint density at radius 1 is 1.14 bits per heavy atom. The number of benzene rings is 1. The second-order valence-corrected chi connectivity index (χ2v) is 8.74. The minimum Gasteiger partial charge on any atom is -0.376 e. The van der Waals surface area contributed by atoms with Crippen LogP contribution in [0.25, 0.3) is 10.9 Å². The van der Waals surface area contributed by atoms with Gasteiger partial charge in [0, 0.05) is 56.5 Å². The molecule has 5 heteroatoms. The van der Waals surface area contributed by atoms with Gasteiger partial charge in [0.2, 0.25) is 5.91 Å². The van der Waals surface area contributed by atoms with E-state index in [0.717, 1.165) is 70.4 Å². The quantitative estimate of drug-likeness (QED) is 0.817. The van der Waals surface area contributed by atoms with E-state index in [1.165, 1.54) is 11.1 Å². The second-order valence-electron chi connectivity index (χ2n) is 8.74. The summed E-state index contributed by atoms with van der Waals surface area (Å²) < 4.78 is 5.79. The second kappa shape index (κ2) is 7.36. The Morgan fingerprint density at radius 3 is 2.82 bits per heavy atom. The van der Waals surface area contributed by atoms with Gasteiger partial charge in [0.15, 0.2) is 0 Å². The minimum atomic E-state index is 0.252. The Morgan fingerprint density at radius 2 is 2.00 bits per heavy atom. The molecule has 1 amide bonds. The number of ether oxygens (including phenoxy) is 1. The average molecular weight is 380 g/mol. The molecule has 5 rings (SSSR count). The Bertz CT molecular complexity index is 849. The maximum absolute atomic E-state index is 12.5. The predicted molar refractivity (Wildman–Crippen MR) is 110 cm³/mol. The number of carbonyl (C=O) groups excluding carboxylic acids is 1. The van der Waals surface area contributed by atoms with E-state index in [9.17, 15) is 4.79 Å². The fourth-order valence-corrected chi connectivity index (χ4v) is 5.29. The fourth-order valence-electron chi connectivity index (χ4n) is 5.29. The number of aromatic nitrogens is 1. The van der Waals surface area contributed by atoms with Crippen LogP contribution in [-0.2, 0) is 9.53 Å². The van der Waals surface area contributed by atoms with Gasteiger partial charge in [0.25, 0.3) is 0 Å². The maximum atomic E-state index is 12.5. The molecule has 3 saturated heterocycles. The number of likely N-dealkylation sites (tertiary alicyclic amines) is 1. The standard InChI is InChI=1S/C23H29N3O2/c27-22-7-9-23(17-26(22)16-18-4-3-15-28-18)10-13-25(14-11-23)21-8-12-24-20-6-2-1-5-19(20)21/h1-2,5-6,8,12,18H,3-4,7,9-11,13-17H2/t18-/m0/s1. The molecule has 1 spiro atoms. The maximum Gasteiger partial charge on any atom is 0.222 e. The van der Waals surface area contributed by atoms with Crippen molar-refractivity contribution in [2.75, 3.05) is 37.7 Å². The number of amides is 1. The average Bonchev–Trinajstić information content (AvgIpc) is 3.24. The van der Waals surface area contributed by atoms with Gasteiger partial charge in [-0.3, -0.25) is 9.78 Å². The highest BCUT2D eigenvalue weighted by atomic mass is 16.5. The predicted octanol–water partition coefficient (Wildman–Crippen LogP) is 3.62. The Labute approximate surface area is 166 Å². The first-order valence-electron chi connectivity index (χ1n) is 10.7. The Hall–Kier alpha value is -2.14. The first-order chi connectivity index (χ1) is 13.7. The first kappa shape index (κ1) is 17.9. The normalized spacial score (nSPS) is 25.0. The number of para-hydroxylation sites is 1. The van der Waals surface area contributed by atoms with E-state index in [0.29, 0.717) is 12.3 Å². The van der Waals surface area contributed by atoms with Crippen molar-refractivity contribution < 1.29 is 9.53 Å². The van der Waals surface area contributed by atoms with E-state index in [4.69, 9.17) is 4.74 Å². The zero-order valence-electron chi connectivity index (χ0n) is 16.5. The lowest BCUT2D eigenvalue weighted by Crippen LogP contribution is -2.53. The van der Waals surface area contributed by atoms with Crippen LogP contribution in [0.4, 0.5) is 5.69 Å². The topological polar surface area (TPSA) is 45.7 Å². The summed E-state index contributed by atoms with van der Waals surface area (Å²) in [6.07, 6.45) is 8.45. The molecule has 0 saturated carbocycles. The van der Waals surface area contributed by atoms with Crippen molar-refractivity contribution in [3.05, 3.63) is 36.5 Å². The molecule has 4 heterocycles.